The zero-order chi connectivity index (χ0) is 6.69. The SMILES string of the molecule is N#Cc1cncc([O])c1. The van der Waals surface area contributed by atoms with Crippen LogP contribution in [0.25, 0.3) is 0 Å². The molecule has 0 aliphatic carbocycles. The van der Waals surface area contributed by atoms with Crippen LogP contribution in [0.15, 0.2) is 18.5 Å². The summed E-state index contributed by atoms with van der Waals surface area (Å²) in [5.41, 5.74) is 0.308. The Bertz CT molecular complexity index is 251. The van der Waals surface area contributed by atoms with E-state index in [1.165, 1.54) is 18.5 Å². The Hall–Kier alpha value is -1.56. The van der Waals surface area contributed by atoms with Crippen LogP contribution in [0, 0.1) is 11.3 Å². The van der Waals surface area contributed by atoms with Crippen LogP contribution in [0.2, 0.25) is 0 Å². The second kappa shape index (κ2) is 2.14. The third kappa shape index (κ3) is 1.16. The molecule has 0 amide bonds. The Morgan fingerprint density at radius 2 is 2.33 bits per heavy atom. The lowest BCUT2D eigenvalue weighted by Gasteiger charge is -1.83. The minimum atomic E-state index is -0.228. The van der Waals surface area contributed by atoms with Gasteiger partial charge in [-0.3, -0.25) is 10.1 Å². The van der Waals surface area contributed by atoms with Crippen molar-refractivity contribution in [1.82, 2.24) is 4.98 Å². The number of rotatable bonds is 0. The highest BCUT2D eigenvalue weighted by molar-refractivity contribution is 5.31. The molecular formula is C6H3N2O. The van der Waals surface area contributed by atoms with Gasteiger partial charge in [0.15, 0.2) is 5.75 Å². The van der Waals surface area contributed by atoms with E-state index < -0.39 is 0 Å². The molecule has 0 atom stereocenters. The van der Waals surface area contributed by atoms with Gasteiger partial charge in [0.2, 0.25) is 0 Å². The van der Waals surface area contributed by atoms with Crippen LogP contribution in [-0.2, 0) is 5.11 Å². The van der Waals surface area contributed by atoms with Gasteiger partial charge >= 0.3 is 0 Å². The predicted molar refractivity (Wildman–Crippen MR) is 29.1 cm³/mol. The van der Waals surface area contributed by atoms with E-state index in [0.717, 1.165) is 0 Å². The van der Waals surface area contributed by atoms with Gasteiger partial charge in [0.05, 0.1) is 11.8 Å². The third-order valence-electron chi connectivity index (χ3n) is 0.842. The van der Waals surface area contributed by atoms with E-state index in [2.05, 4.69) is 4.98 Å². The quantitative estimate of drug-likeness (QED) is 0.513. The number of pyridine rings is 1. The molecule has 43 valence electrons. The minimum Gasteiger partial charge on any atom is -0.288 e. The molecule has 1 aromatic heterocycles. The maximum atomic E-state index is 10.4. The van der Waals surface area contributed by atoms with Crippen molar-refractivity contribution in [2.24, 2.45) is 0 Å². The van der Waals surface area contributed by atoms with Crippen molar-refractivity contribution in [2.75, 3.05) is 0 Å². The van der Waals surface area contributed by atoms with E-state index in [-0.39, 0.29) is 5.75 Å². The molecule has 0 saturated carbocycles. The summed E-state index contributed by atoms with van der Waals surface area (Å²) in [7, 11) is 0. The summed E-state index contributed by atoms with van der Waals surface area (Å²) in [6.45, 7) is 0. The normalized spacial score (nSPS) is 8.33. The number of hydrogen-bond acceptors (Lipinski definition) is 2. The van der Waals surface area contributed by atoms with Crippen molar-refractivity contribution < 1.29 is 5.11 Å². The highest BCUT2D eigenvalue weighted by atomic mass is 16.3. The van der Waals surface area contributed by atoms with Gasteiger partial charge in [-0.05, 0) is 0 Å². The lowest BCUT2D eigenvalue weighted by Crippen LogP contribution is -1.74. The molecule has 1 radical (unpaired) electrons. The summed E-state index contributed by atoms with van der Waals surface area (Å²) in [6.07, 6.45) is 2.52. The van der Waals surface area contributed by atoms with Crippen molar-refractivity contribution in [3.05, 3.63) is 24.0 Å². The summed E-state index contributed by atoms with van der Waals surface area (Å²) < 4.78 is 0. The zero-order valence-corrected chi connectivity index (χ0v) is 4.53. The van der Waals surface area contributed by atoms with Gasteiger partial charge in [0.1, 0.15) is 6.07 Å². The first kappa shape index (κ1) is 5.57. The molecule has 1 rings (SSSR count). The number of nitriles is 1. The van der Waals surface area contributed by atoms with Crippen molar-refractivity contribution in [2.45, 2.75) is 0 Å². The van der Waals surface area contributed by atoms with Crippen LogP contribution in [0.4, 0.5) is 0 Å². The topological polar surface area (TPSA) is 56.6 Å². The van der Waals surface area contributed by atoms with Crippen LogP contribution in [-0.4, -0.2) is 4.98 Å². The molecule has 1 aromatic rings. The Balaban J connectivity index is 3.12. The van der Waals surface area contributed by atoms with E-state index in [1.54, 1.807) is 6.07 Å². The average molecular weight is 119 g/mol. The minimum absolute atomic E-state index is 0.228. The Morgan fingerprint density at radius 3 is 2.78 bits per heavy atom. The van der Waals surface area contributed by atoms with Gasteiger partial charge < -0.3 is 0 Å². The van der Waals surface area contributed by atoms with Crippen LogP contribution in [0.1, 0.15) is 5.56 Å². The van der Waals surface area contributed by atoms with E-state index in [9.17, 15) is 5.11 Å². The molecule has 0 aliphatic heterocycles. The number of nitrogens with zero attached hydrogens (tertiary/aromatic N) is 2. The van der Waals surface area contributed by atoms with E-state index in [4.69, 9.17) is 5.26 Å². The van der Waals surface area contributed by atoms with Crippen LogP contribution in [0.3, 0.4) is 0 Å². The summed E-state index contributed by atoms with van der Waals surface area (Å²) in [6, 6.07) is 3.05. The van der Waals surface area contributed by atoms with Gasteiger partial charge in [-0.1, -0.05) is 0 Å². The Kier molecular flexibility index (Phi) is 1.32. The predicted octanol–water partition coefficient (Wildman–Crippen LogP) is 1.10. The average Bonchev–Trinajstić information content (AvgIpc) is 1.88. The third-order valence-corrected chi connectivity index (χ3v) is 0.842. The molecule has 9 heavy (non-hydrogen) atoms. The van der Waals surface area contributed by atoms with E-state index in [1.807, 2.05) is 0 Å². The first-order chi connectivity index (χ1) is 4.33. The lowest BCUT2D eigenvalue weighted by molar-refractivity contribution is 0.353. The number of aromatic nitrogens is 1. The summed E-state index contributed by atoms with van der Waals surface area (Å²) in [4.78, 5) is 3.52. The zero-order valence-electron chi connectivity index (χ0n) is 4.53. The van der Waals surface area contributed by atoms with Gasteiger partial charge in [-0.25, -0.2) is 0 Å². The molecule has 0 spiro atoms. The molecule has 0 aromatic carbocycles. The first-order valence-corrected chi connectivity index (χ1v) is 2.35. The Labute approximate surface area is 52.2 Å². The maximum absolute atomic E-state index is 10.4. The largest absolute Gasteiger partial charge is 0.288 e. The second-order valence-electron chi connectivity index (χ2n) is 1.52. The fourth-order valence-corrected chi connectivity index (χ4v) is 0.480. The molecule has 3 heteroatoms. The fourth-order valence-electron chi connectivity index (χ4n) is 0.480. The van der Waals surface area contributed by atoms with Crippen LogP contribution >= 0.6 is 0 Å². The molecule has 1 heterocycles. The van der Waals surface area contributed by atoms with Crippen LogP contribution < -0.4 is 0 Å². The van der Waals surface area contributed by atoms with Crippen molar-refractivity contribution in [3.8, 4) is 11.8 Å². The molecule has 3 nitrogen and oxygen atoms in total. The highest BCUT2D eigenvalue weighted by Gasteiger charge is 1.91. The Morgan fingerprint density at radius 1 is 1.56 bits per heavy atom. The molecule has 0 N–H and O–H groups in total. The summed E-state index contributed by atoms with van der Waals surface area (Å²) in [5.74, 6) is -0.228. The van der Waals surface area contributed by atoms with Crippen molar-refractivity contribution in [3.63, 3.8) is 0 Å². The summed E-state index contributed by atoms with van der Waals surface area (Å²) in [5, 5.41) is 18.7. The molecule has 0 unspecified atom stereocenters. The lowest BCUT2D eigenvalue weighted by atomic mass is 10.3. The van der Waals surface area contributed by atoms with Crippen LogP contribution in [0.5, 0.6) is 5.75 Å². The molecule has 0 aliphatic rings. The molecule has 0 bridgehead atoms. The number of hydrogen-bond donors (Lipinski definition) is 0. The van der Waals surface area contributed by atoms with E-state index in [0.29, 0.717) is 5.56 Å². The molecule has 0 fully saturated rings. The van der Waals surface area contributed by atoms with E-state index >= 15 is 0 Å². The van der Waals surface area contributed by atoms with Gasteiger partial charge in [-0.2, -0.15) is 5.26 Å². The monoisotopic (exact) mass is 119 g/mol. The van der Waals surface area contributed by atoms with Crippen molar-refractivity contribution >= 4 is 0 Å². The smallest absolute Gasteiger partial charge is 0.198 e. The van der Waals surface area contributed by atoms with Crippen molar-refractivity contribution in [1.29, 1.82) is 5.26 Å². The van der Waals surface area contributed by atoms with Gasteiger partial charge in [0.25, 0.3) is 0 Å². The fraction of sp³-hybridized carbons (Fsp3) is 0. The molecule has 0 saturated heterocycles. The second-order valence-corrected chi connectivity index (χ2v) is 1.52. The maximum Gasteiger partial charge on any atom is 0.198 e. The van der Waals surface area contributed by atoms with Gasteiger partial charge in [0, 0.05) is 12.3 Å². The highest BCUT2D eigenvalue weighted by Crippen LogP contribution is 2.07. The van der Waals surface area contributed by atoms with Gasteiger partial charge in [-0.15, -0.1) is 0 Å². The summed E-state index contributed by atoms with van der Waals surface area (Å²) >= 11 is 0. The first-order valence-electron chi connectivity index (χ1n) is 2.35. The molecular weight excluding hydrogens is 116 g/mol. The standard InChI is InChI=1S/C6H3N2O/c7-2-5-1-6(9)4-8-3-5/h1,3-4H.